The molecule has 1 fully saturated rings. The van der Waals surface area contributed by atoms with Crippen LogP contribution in [0, 0.1) is 18.6 Å². The summed E-state index contributed by atoms with van der Waals surface area (Å²) in [7, 11) is 0. The summed E-state index contributed by atoms with van der Waals surface area (Å²) in [5.74, 6) is -1.19. The van der Waals surface area contributed by atoms with Gasteiger partial charge in [-0.15, -0.1) is 0 Å². The highest BCUT2D eigenvalue weighted by Crippen LogP contribution is 2.41. The third kappa shape index (κ3) is 2.66. The number of hydrogen-bond donors (Lipinski definition) is 2. The molecule has 0 amide bonds. The van der Waals surface area contributed by atoms with E-state index in [0.29, 0.717) is 11.4 Å². The maximum atomic E-state index is 14.4. The lowest BCUT2D eigenvalue weighted by atomic mass is 10.1. The Morgan fingerprint density at radius 2 is 1.79 bits per heavy atom. The Bertz CT molecular complexity index is 1080. The van der Waals surface area contributed by atoms with Crippen LogP contribution in [-0.4, -0.2) is 29.1 Å². The molecule has 7 heteroatoms. The highest BCUT2D eigenvalue weighted by Gasteiger charge is 2.25. The van der Waals surface area contributed by atoms with Crippen LogP contribution in [0.3, 0.4) is 0 Å². The van der Waals surface area contributed by atoms with Crippen LogP contribution >= 0.6 is 0 Å². The third-order valence-corrected chi connectivity index (χ3v) is 5.32. The molecule has 2 aromatic carbocycles. The molecule has 0 unspecified atom stereocenters. The lowest BCUT2D eigenvalue weighted by molar-refractivity contribution is 0.579. The fourth-order valence-corrected chi connectivity index (χ4v) is 3.87. The fraction of sp³-hybridized carbons (Fsp3) is 0.238. The Labute approximate surface area is 161 Å². The summed E-state index contributed by atoms with van der Waals surface area (Å²) in [5, 5.41) is 10.5. The van der Waals surface area contributed by atoms with Gasteiger partial charge in [0.05, 0.1) is 11.3 Å². The van der Waals surface area contributed by atoms with Crippen molar-refractivity contribution in [1.29, 1.82) is 0 Å². The van der Waals surface area contributed by atoms with E-state index in [1.165, 1.54) is 31.0 Å². The smallest absolute Gasteiger partial charge is 0.144 e. The highest BCUT2D eigenvalue weighted by atomic mass is 19.1. The second-order valence-corrected chi connectivity index (χ2v) is 7.15. The molecule has 0 aliphatic carbocycles. The van der Waals surface area contributed by atoms with Crippen molar-refractivity contribution >= 4 is 22.9 Å². The van der Waals surface area contributed by atoms with E-state index in [1.807, 2.05) is 19.1 Å². The number of halogens is 2. The van der Waals surface area contributed by atoms with E-state index in [9.17, 15) is 8.78 Å². The van der Waals surface area contributed by atoms with Gasteiger partial charge in [0.1, 0.15) is 28.9 Å². The number of anilines is 2. The van der Waals surface area contributed by atoms with Crippen molar-refractivity contribution in [3.8, 4) is 11.3 Å². The Morgan fingerprint density at radius 3 is 2.54 bits per heavy atom. The number of fused-ring (bicyclic) bond motifs is 3. The summed E-state index contributed by atoms with van der Waals surface area (Å²) in [6.45, 7) is 3.90. The SMILES string of the molecule is Cc1[nH]nc2c1N=C(c1c(F)cccc1F)Nc1ccc(N3CCCC3)cc1-2. The number of benzene rings is 2. The molecule has 2 N–H and O–H groups in total. The maximum absolute atomic E-state index is 14.4. The number of amidine groups is 1. The quantitative estimate of drug-likeness (QED) is 0.675. The molecule has 0 saturated carbocycles. The van der Waals surface area contributed by atoms with Crippen LogP contribution in [-0.2, 0) is 0 Å². The van der Waals surface area contributed by atoms with E-state index in [0.717, 1.165) is 35.7 Å². The van der Waals surface area contributed by atoms with Crippen molar-refractivity contribution in [2.75, 3.05) is 23.3 Å². The van der Waals surface area contributed by atoms with E-state index >= 15 is 0 Å². The number of aliphatic imine (C=N–C) groups is 1. The highest BCUT2D eigenvalue weighted by molar-refractivity contribution is 6.13. The van der Waals surface area contributed by atoms with Crippen molar-refractivity contribution in [1.82, 2.24) is 10.2 Å². The molecular formula is C21H19F2N5. The first-order valence-corrected chi connectivity index (χ1v) is 9.36. The van der Waals surface area contributed by atoms with Crippen LogP contribution in [0.4, 0.5) is 25.8 Å². The Balaban J connectivity index is 1.69. The van der Waals surface area contributed by atoms with Gasteiger partial charge in [0.2, 0.25) is 0 Å². The maximum Gasteiger partial charge on any atom is 0.144 e. The predicted molar refractivity (Wildman–Crippen MR) is 106 cm³/mol. The molecule has 0 bridgehead atoms. The zero-order valence-corrected chi connectivity index (χ0v) is 15.4. The third-order valence-electron chi connectivity index (χ3n) is 5.32. The van der Waals surface area contributed by atoms with Gasteiger partial charge in [0, 0.05) is 30.0 Å². The molecule has 0 radical (unpaired) electrons. The van der Waals surface area contributed by atoms with Crippen molar-refractivity contribution in [3.05, 3.63) is 59.3 Å². The number of nitrogens with zero attached hydrogens (tertiary/aromatic N) is 3. The Hall–Kier alpha value is -3.22. The second kappa shape index (κ2) is 6.44. The minimum Gasteiger partial charge on any atom is -0.372 e. The van der Waals surface area contributed by atoms with E-state index in [4.69, 9.17) is 0 Å². The first kappa shape index (κ1) is 16.9. The first-order chi connectivity index (χ1) is 13.6. The molecule has 1 saturated heterocycles. The number of nitrogens with one attached hydrogen (secondary N) is 2. The van der Waals surface area contributed by atoms with Gasteiger partial charge in [-0.3, -0.25) is 5.10 Å². The number of rotatable bonds is 2. The summed E-state index contributed by atoms with van der Waals surface area (Å²) in [5.41, 5.74) is 4.52. The normalized spacial score (nSPS) is 15.5. The Morgan fingerprint density at radius 1 is 1.04 bits per heavy atom. The summed E-state index contributed by atoms with van der Waals surface area (Å²) in [4.78, 5) is 6.89. The summed E-state index contributed by atoms with van der Waals surface area (Å²) in [6.07, 6.45) is 2.36. The molecule has 1 aromatic heterocycles. The largest absolute Gasteiger partial charge is 0.372 e. The average Bonchev–Trinajstić information content (AvgIpc) is 3.30. The molecule has 0 atom stereocenters. The standard InChI is InChI=1S/C21H19F2N5/c1-12-19-20(27-26-12)14-11-13(28-9-2-3-10-28)7-8-17(14)24-21(25-19)18-15(22)5-4-6-16(18)23/h4-8,11H,2-3,9-10H2,1H3,(H,24,25)(H,26,27). The molecule has 2 aliphatic rings. The van der Waals surface area contributed by atoms with Gasteiger partial charge < -0.3 is 10.2 Å². The van der Waals surface area contributed by atoms with Crippen molar-refractivity contribution in [2.24, 2.45) is 4.99 Å². The van der Waals surface area contributed by atoms with Crippen molar-refractivity contribution < 1.29 is 8.78 Å². The van der Waals surface area contributed by atoms with Crippen LogP contribution in [0.1, 0.15) is 24.1 Å². The number of H-pyrrole nitrogens is 1. The molecule has 142 valence electrons. The number of aromatic nitrogens is 2. The van der Waals surface area contributed by atoms with Gasteiger partial charge in [-0.25, -0.2) is 13.8 Å². The van der Waals surface area contributed by atoms with Gasteiger partial charge >= 0.3 is 0 Å². The zero-order chi connectivity index (χ0) is 19.3. The molecule has 2 aliphatic heterocycles. The topological polar surface area (TPSA) is 56.3 Å². The minimum atomic E-state index is -0.661. The van der Waals surface area contributed by atoms with E-state index in [2.05, 4.69) is 31.5 Å². The molecule has 3 heterocycles. The molecule has 5 rings (SSSR count). The van der Waals surface area contributed by atoms with E-state index in [-0.39, 0.29) is 11.4 Å². The van der Waals surface area contributed by atoms with Gasteiger partial charge in [0.15, 0.2) is 0 Å². The van der Waals surface area contributed by atoms with Crippen LogP contribution in [0.15, 0.2) is 41.4 Å². The summed E-state index contributed by atoms with van der Waals surface area (Å²) < 4.78 is 28.8. The lowest BCUT2D eigenvalue weighted by Crippen LogP contribution is -2.19. The van der Waals surface area contributed by atoms with Crippen LogP contribution in [0.5, 0.6) is 0 Å². The van der Waals surface area contributed by atoms with Crippen LogP contribution in [0.2, 0.25) is 0 Å². The molecule has 3 aromatic rings. The van der Waals surface area contributed by atoms with E-state index < -0.39 is 11.6 Å². The van der Waals surface area contributed by atoms with Crippen molar-refractivity contribution in [3.63, 3.8) is 0 Å². The van der Waals surface area contributed by atoms with E-state index in [1.54, 1.807) is 0 Å². The lowest BCUT2D eigenvalue weighted by Gasteiger charge is -2.20. The zero-order valence-electron chi connectivity index (χ0n) is 15.4. The number of aryl methyl sites for hydroxylation is 1. The monoisotopic (exact) mass is 379 g/mol. The Kier molecular flexibility index (Phi) is 3.89. The van der Waals surface area contributed by atoms with Crippen LogP contribution < -0.4 is 10.2 Å². The minimum absolute atomic E-state index is 0.133. The predicted octanol–water partition coefficient (Wildman–Crippen LogP) is 4.77. The molecule has 28 heavy (non-hydrogen) atoms. The summed E-state index contributed by atoms with van der Waals surface area (Å²) >= 11 is 0. The van der Waals surface area contributed by atoms with Gasteiger partial charge in [-0.1, -0.05) is 6.07 Å². The van der Waals surface area contributed by atoms with Gasteiger partial charge in [-0.2, -0.15) is 5.10 Å². The number of aromatic amines is 1. The molecule has 5 nitrogen and oxygen atoms in total. The fourth-order valence-electron chi connectivity index (χ4n) is 3.87. The van der Waals surface area contributed by atoms with Gasteiger partial charge in [0.25, 0.3) is 0 Å². The van der Waals surface area contributed by atoms with Gasteiger partial charge in [-0.05, 0) is 50.1 Å². The van der Waals surface area contributed by atoms with Crippen molar-refractivity contribution in [2.45, 2.75) is 19.8 Å². The first-order valence-electron chi connectivity index (χ1n) is 9.36. The summed E-state index contributed by atoms with van der Waals surface area (Å²) in [6, 6.07) is 9.83. The van der Waals surface area contributed by atoms with Crippen LogP contribution in [0.25, 0.3) is 11.3 Å². The number of hydrogen-bond acceptors (Lipinski definition) is 4. The molecular weight excluding hydrogens is 360 g/mol. The molecule has 0 spiro atoms. The second-order valence-electron chi connectivity index (χ2n) is 7.15. The average molecular weight is 379 g/mol.